The quantitative estimate of drug-likeness (QED) is 0.348. The van der Waals surface area contributed by atoms with E-state index in [1.807, 2.05) is 66.7 Å². The van der Waals surface area contributed by atoms with Gasteiger partial charge in [0.2, 0.25) is 5.82 Å². The van der Waals surface area contributed by atoms with Crippen LogP contribution in [0, 0.1) is 0 Å². The highest BCUT2D eigenvalue weighted by Gasteiger charge is 2.19. The Morgan fingerprint density at radius 3 is 2.35 bits per heavy atom. The van der Waals surface area contributed by atoms with Gasteiger partial charge in [0.15, 0.2) is 5.69 Å². The fraction of sp³-hybridized carbons (Fsp3) is 0.0833. The molecule has 152 valence electrons. The lowest BCUT2D eigenvalue weighted by Crippen LogP contribution is -2.22. The smallest absolute Gasteiger partial charge is 0.279 e. The van der Waals surface area contributed by atoms with Gasteiger partial charge < -0.3 is 4.52 Å². The molecule has 0 aliphatic rings. The fourth-order valence-corrected chi connectivity index (χ4v) is 3.70. The molecule has 6 nitrogen and oxygen atoms in total. The second-order valence-electron chi connectivity index (χ2n) is 7.06. The number of hydrogen-bond donors (Lipinski definition) is 0. The van der Waals surface area contributed by atoms with Crippen molar-refractivity contribution in [3.8, 4) is 28.7 Å². The van der Waals surface area contributed by atoms with Gasteiger partial charge >= 0.3 is 0 Å². The SMILES string of the molecule is CCc1ccc(-c2noc(-c3nn(-c4ccc(Br)cc4)c(=O)c4ccccc34)n2)cc1. The topological polar surface area (TPSA) is 73.8 Å². The van der Waals surface area contributed by atoms with E-state index in [4.69, 9.17) is 4.52 Å². The minimum absolute atomic E-state index is 0.212. The first kappa shape index (κ1) is 19.4. The average molecular weight is 473 g/mol. The number of fused-ring (bicyclic) bond motifs is 1. The second-order valence-corrected chi connectivity index (χ2v) is 7.98. The maximum atomic E-state index is 13.1. The number of halogens is 1. The molecule has 0 radical (unpaired) electrons. The summed E-state index contributed by atoms with van der Waals surface area (Å²) < 4.78 is 7.86. The summed E-state index contributed by atoms with van der Waals surface area (Å²) in [6, 6.07) is 22.7. The number of aryl methyl sites for hydroxylation is 1. The van der Waals surface area contributed by atoms with Crippen molar-refractivity contribution in [3.05, 3.63) is 93.2 Å². The first-order valence-electron chi connectivity index (χ1n) is 9.85. The van der Waals surface area contributed by atoms with Gasteiger partial charge in [0, 0.05) is 15.4 Å². The van der Waals surface area contributed by atoms with Crippen molar-refractivity contribution in [2.45, 2.75) is 13.3 Å². The van der Waals surface area contributed by atoms with Gasteiger partial charge in [0.05, 0.1) is 11.1 Å². The van der Waals surface area contributed by atoms with Gasteiger partial charge in [-0.05, 0) is 42.3 Å². The molecule has 5 aromatic rings. The van der Waals surface area contributed by atoms with Crippen molar-refractivity contribution in [1.29, 1.82) is 0 Å². The summed E-state index contributed by atoms with van der Waals surface area (Å²) in [6.07, 6.45) is 0.964. The molecular weight excluding hydrogens is 456 g/mol. The van der Waals surface area contributed by atoms with E-state index in [1.54, 1.807) is 6.07 Å². The van der Waals surface area contributed by atoms with Crippen molar-refractivity contribution in [2.24, 2.45) is 0 Å². The molecule has 0 spiro atoms. The third kappa shape index (κ3) is 3.57. The predicted molar refractivity (Wildman–Crippen MR) is 123 cm³/mol. The fourth-order valence-electron chi connectivity index (χ4n) is 3.43. The van der Waals surface area contributed by atoms with Crippen LogP contribution in [0.2, 0.25) is 0 Å². The lowest BCUT2D eigenvalue weighted by Gasteiger charge is -2.09. The highest BCUT2D eigenvalue weighted by molar-refractivity contribution is 9.10. The molecule has 31 heavy (non-hydrogen) atoms. The maximum absolute atomic E-state index is 13.1. The first-order valence-corrected chi connectivity index (χ1v) is 10.6. The molecule has 0 N–H and O–H groups in total. The molecule has 0 amide bonds. The van der Waals surface area contributed by atoms with Crippen LogP contribution in [-0.4, -0.2) is 19.9 Å². The van der Waals surface area contributed by atoms with E-state index >= 15 is 0 Å². The van der Waals surface area contributed by atoms with Gasteiger partial charge in [0.25, 0.3) is 11.4 Å². The molecule has 7 heteroatoms. The zero-order valence-corrected chi connectivity index (χ0v) is 18.2. The highest BCUT2D eigenvalue weighted by atomic mass is 79.9. The Morgan fingerprint density at radius 1 is 0.935 bits per heavy atom. The minimum Gasteiger partial charge on any atom is -0.332 e. The van der Waals surface area contributed by atoms with Crippen molar-refractivity contribution < 1.29 is 4.52 Å². The molecule has 0 fully saturated rings. The standard InChI is InChI=1S/C24H17BrN4O2/c1-2-15-7-9-16(10-8-15)22-26-23(31-28-22)21-19-5-3-4-6-20(19)24(30)29(27-21)18-13-11-17(25)12-14-18/h3-14H,2H2,1H3. The van der Waals surface area contributed by atoms with Crippen molar-refractivity contribution in [3.63, 3.8) is 0 Å². The number of benzene rings is 3. The van der Waals surface area contributed by atoms with E-state index < -0.39 is 0 Å². The lowest BCUT2D eigenvalue weighted by atomic mass is 10.1. The van der Waals surface area contributed by atoms with Gasteiger partial charge in [-0.25, -0.2) is 0 Å². The summed E-state index contributed by atoms with van der Waals surface area (Å²) in [5.74, 6) is 0.738. The molecule has 0 bridgehead atoms. The van der Waals surface area contributed by atoms with Crippen LogP contribution >= 0.6 is 15.9 Å². The van der Waals surface area contributed by atoms with Crippen LogP contribution in [0.15, 0.2) is 86.6 Å². The summed E-state index contributed by atoms with van der Waals surface area (Å²) in [7, 11) is 0. The Bertz CT molecular complexity index is 1440. The lowest BCUT2D eigenvalue weighted by molar-refractivity contribution is 0.430. The van der Waals surface area contributed by atoms with E-state index in [9.17, 15) is 4.79 Å². The van der Waals surface area contributed by atoms with Gasteiger partial charge in [-0.3, -0.25) is 4.79 Å². The van der Waals surface area contributed by atoms with E-state index in [1.165, 1.54) is 10.2 Å². The third-order valence-electron chi connectivity index (χ3n) is 5.13. The molecule has 0 saturated carbocycles. The van der Waals surface area contributed by atoms with Crippen LogP contribution in [0.3, 0.4) is 0 Å². The monoisotopic (exact) mass is 472 g/mol. The number of hydrogen-bond acceptors (Lipinski definition) is 5. The van der Waals surface area contributed by atoms with Crippen LogP contribution in [0.5, 0.6) is 0 Å². The molecule has 0 aliphatic carbocycles. The van der Waals surface area contributed by atoms with E-state index in [0.717, 1.165) is 16.5 Å². The van der Waals surface area contributed by atoms with Crippen molar-refractivity contribution in [1.82, 2.24) is 19.9 Å². The van der Waals surface area contributed by atoms with Crippen LogP contribution < -0.4 is 5.56 Å². The molecule has 2 heterocycles. The first-order chi connectivity index (χ1) is 15.1. The summed E-state index contributed by atoms with van der Waals surface area (Å²) in [5, 5.41) is 9.93. The minimum atomic E-state index is -0.212. The predicted octanol–water partition coefficient (Wildman–Crippen LogP) is 5.43. The largest absolute Gasteiger partial charge is 0.332 e. The summed E-state index contributed by atoms with van der Waals surface area (Å²) in [5.41, 5.74) is 2.99. The van der Waals surface area contributed by atoms with E-state index in [-0.39, 0.29) is 11.4 Å². The average Bonchev–Trinajstić information content (AvgIpc) is 3.30. The number of nitrogens with zero attached hydrogens (tertiary/aromatic N) is 4. The molecule has 5 rings (SSSR count). The molecule has 3 aromatic carbocycles. The van der Waals surface area contributed by atoms with Gasteiger partial charge in [-0.2, -0.15) is 14.8 Å². The van der Waals surface area contributed by atoms with Crippen LogP contribution in [-0.2, 0) is 6.42 Å². The van der Waals surface area contributed by atoms with Gasteiger partial charge in [-0.1, -0.05) is 70.5 Å². The van der Waals surface area contributed by atoms with Crippen LogP contribution in [0.1, 0.15) is 12.5 Å². The molecule has 0 unspecified atom stereocenters. The van der Waals surface area contributed by atoms with Crippen LogP contribution in [0.4, 0.5) is 0 Å². The summed E-state index contributed by atoms with van der Waals surface area (Å²) in [6.45, 7) is 2.11. The van der Waals surface area contributed by atoms with E-state index in [2.05, 4.69) is 38.1 Å². The Morgan fingerprint density at radius 2 is 1.65 bits per heavy atom. The molecule has 0 aliphatic heterocycles. The van der Waals surface area contributed by atoms with Gasteiger partial charge in [0.1, 0.15) is 0 Å². The highest BCUT2D eigenvalue weighted by Crippen LogP contribution is 2.27. The van der Waals surface area contributed by atoms with E-state index in [0.29, 0.717) is 28.0 Å². The Kier molecular flexibility index (Phi) is 4.95. The van der Waals surface area contributed by atoms with Crippen molar-refractivity contribution >= 4 is 26.7 Å². The van der Waals surface area contributed by atoms with Crippen molar-refractivity contribution in [2.75, 3.05) is 0 Å². The third-order valence-corrected chi connectivity index (χ3v) is 5.65. The Balaban J connectivity index is 1.68. The normalized spacial score (nSPS) is 11.2. The summed E-state index contributed by atoms with van der Waals surface area (Å²) in [4.78, 5) is 17.7. The number of aromatic nitrogens is 4. The van der Waals surface area contributed by atoms with Crippen LogP contribution in [0.25, 0.3) is 39.4 Å². The maximum Gasteiger partial charge on any atom is 0.279 e. The zero-order valence-electron chi connectivity index (χ0n) is 16.6. The zero-order chi connectivity index (χ0) is 21.4. The summed E-state index contributed by atoms with van der Waals surface area (Å²) >= 11 is 3.42. The Hall–Kier alpha value is -3.58. The Labute approximate surface area is 186 Å². The number of rotatable bonds is 4. The molecular formula is C24H17BrN4O2. The molecule has 0 atom stereocenters. The molecule has 2 aromatic heterocycles. The second kappa shape index (κ2) is 7.92. The molecule has 0 saturated heterocycles. The van der Waals surface area contributed by atoms with Gasteiger partial charge in [-0.15, -0.1) is 0 Å².